The Morgan fingerprint density at radius 2 is 1.47 bits per heavy atom. The van der Waals surface area contributed by atoms with Crippen LogP contribution in [0.5, 0.6) is 5.75 Å². The fourth-order valence-corrected chi connectivity index (χ4v) is 6.93. The first kappa shape index (κ1) is 20.6. The van der Waals surface area contributed by atoms with Crippen molar-refractivity contribution in [2.75, 3.05) is 0 Å². The highest BCUT2D eigenvalue weighted by Crippen LogP contribution is 2.47. The van der Waals surface area contributed by atoms with Gasteiger partial charge in [-0.1, -0.05) is 88.5 Å². The van der Waals surface area contributed by atoms with Crippen molar-refractivity contribution in [3.63, 3.8) is 0 Å². The monoisotopic (exact) mass is 413 g/mol. The third kappa shape index (κ3) is 3.63. The second-order valence-electron chi connectivity index (χ2n) is 9.94. The predicted molar refractivity (Wildman–Crippen MR) is 131 cm³/mol. The number of fused-ring (bicyclic) bond motifs is 2. The van der Waals surface area contributed by atoms with Crippen molar-refractivity contribution in [2.45, 2.75) is 50.9 Å². The Balaban J connectivity index is 1.89. The number of aromatic hydroxyl groups is 1. The molecule has 154 valence electrons. The van der Waals surface area contributed by atoms with Gasteiger partial charge in [-0.05, 0) is 40.4 Å². The molecule has 30 heavy (non-hydrogen) atoms. The van der Waals surface area contributed by atoms with Crippen molar-refractivity contribution in [1.82, 2.24) is 4.98 Å². The van der Waals surface area contributed by atoms with Gasteiger partial charge in [0.15, 0.2) is 0 Å². The lowest BCUT2D eigenvalue weighted by Crippen LogP contribution is -2.45. The lowest BCUT2D eigenvalue weighted by atomic mass is 9.98. The molecule has 1 heterocycles. The van der Waals surface area contributed by atoms with Crippen LogP contribution in [0.1, 0.15) is 37.6 Å². The van der Waals surface area contributed by atoms with Crippen LogP contribution < -0.4 is 0 Å². The van der Waals surface area contributed by atoms with Crippen LogP contribution in [0, 0.1) is 0 Å². The molecule has 0 fully saturated rings. The number of nitrogens with zero attached hydrogens (tertiary/aromatic N) is 1. The van der Waals surface area contributed by atoms with E-state index in [9.17, 15) is 5.11 Å². The molecule has 4 aromatic rings. The molecular formula is C27H31NOSi. The molecule has 1 unspecified atom stereocenters. The lowest BCUT2D eigenvalue weighted by molar-refractivity contribution is 0.468. The van der Waals surface area contributed by atoms with Crippen molar-refractivity contribution in [3.05, 3.63) is 84.1 Å². The number of phenols is 1. The summed E-state index contributed by atoms with van der Waals surface area (Å²) in [5.41, 5.74) is 3.52. The number of para-hydroxylation sites is 1. The van der Waals surface area contributed by atoms with Crippen LogP contribution in [-0.2, 0) is 6.42 Å². The van der Waals surface area contributed by atoms with E-state index < -0.39 is 8.07 Å². The summed E-state index contributed by atoms with van der Waals surface area (Å²) in [4.78, 5) is 5.11. The summed E-state index contributed by atoms with van der Waals surface area (Å²) in [6.45, 7) is 12.0. The van der Waals surface area contributed by atoms with Gasteiger partial charge in [0.05, 0.1) is 13.6 Å². The molecule has 0 aliphatic rings. The number of hydrogen-bond donors (Lipinski definition) is 1. The molecule has 0 saturated carbocycles. The van der Waals surface area contributed by atoms with E-state index >= 15 is 0 Å². The molecule has 0 aliphatic carbocycles. The summed E-state index contributed by atoms with van der Waals surface area (Å²) < 4.78 is 0. The smallest absolute Gasteiger partial charge is 0.119 e. The topological polar surface area (TPSA) is 33.1 Å². The Kier molecular flexibility index (Phi) is 5.19. The van der Waals surface area contributed by atoms with E-state index in [2.05, 4.69) is 94.5 Å². The van der Waals surface area contributed by atoms with Crippen molar-refractivity contribution < 1.29 is 5.11 Å². The largest absolute Gasteiger partial charge is 0.508 e. The third-order valence-corrected chi connectivity index (χ3v) is 13.3. The van der Waals surface area contributed by atoms with Crippen LogP contribution in [0.15, 0.2) is 72.8 Å². The van der Waals surface area contributed by atoms with Crippen LogP contribution in [0.4, 0.5) is 0 Å². The van der Waals surface area contributed by atoms with E-state index in [1.54, 1.807) is 0 Å². The first-order chi connectivity index (χ1) is 14.2. The lowest BCUT2D eigenvalue weighted by Gasteiger charge is -2.43. The summed E-state index contributed by atoms with van der Waals surface area (Å²) in [7, 11) is -1.83. The number of rotatable bonds is 4. The fourth-order valence-electron chi connectivity index (χ4n) is 4.27. The average molecular weight is 414 g/mol. The molecular weight excluding hydrogens is 382 g/mol. The van der Waals surface area contributed by atoms with Gasteiger partial charge in [-0.15, -0.1) is 0 Å². The molecule has 0 radical (unpaired) electrons. The number of aromatic nitrogens is 1. The van der Waals surface area contributed by atoms with Crippen LogP contribution in [0.2, 0.25) is 18.1 Å². The van der Waals surface area contributed by atoms with E-state index in [-0.39, 0.29) is 5.04 Å². The highest BCUT2D eigenvalue weighted by Gasteiger charge is 2.43. The zero-order valence-corrected chi connectivity index (χ0v) is 19.6. The summed E-state index contributed by atoms with van der Waals surface area (Å²) in [5, 5.41) is 14.5. The Morgan fingerprint density at radius 1 is 0.833 bits per heavy atom. The Bertz CT molecular complexity index is 1210. The molecule has 0 saturated heterocycles. The van der Waals surface area contributed by atoms with Gasteiger partial charge in [0.1, 0.15) is 5.75 Å². The molecule has 3 aromatic carbocycles. The van der Waals surface area contributed by atoms with E-state index in [1.165, 1.54) is 10.8 Å². The summed E-state index contributed by atoms with van der Waals surface area (Å²) in [6, 6.07) is 24.9. The molecule has 1 aromatic heterocycles. The van der Waals surface area contributed by atoms with Crippen molar-refractivity contribution in [3.8, 4) is 5.75 Å². The summed E-state index contributed by atoms with van der Waals surface area (Å²) in [6.07, 6.45) is 0.801. The van der Waals surface area contributed by atoms with Crippen molar-refractivity contribution in [1.29, 1.82) is 0 Å². The second-order valence-corrected chi connectivity index (χ2v) is 15.6. The number of pyridine rings is 1. The quantitative estimate of drug-likeness (QED) is 0.352. The SMILES string of the molecule is CC(C)(C)[Si](C)(C)C(Cc1c(O)ccc2ccccc12)c1ccc2ccccc2n1. The minimum Gasteiger partial charge on any atom is -0.508 e. The number of hydrogen-bond acceptors (Lipinski definition) is 2. The number of benzene rings is 3. The van der Waals surface area contributed by atoms with E-state index in [4.69, 9.17) is 4.98 Å². The molecule has 2 nitrogen and oxygen atoms in total. The predicted octanol–water partition coefficient (Wildman–Crippen LogP) is 7.47. The minimum atomic E-state index is -1.83. The van der Waals surface area contributed by atoms with Crippen LogP contribution in [-0.4, -0.2) is 18.2 Å². The zero-order valence-electron chi connectivity index (χ0n) is 18.6. The molecule has 3 heteroatoms. The Morgan fingerprint density at radius 3 is 2.20 bits per heavy atom. The first-order valence-corrected chi connectivity index (χ1v) is 13.8. The van der Waals surface area contributed by atoms with Crippen molar-refractivity contribution >= 4 is 29.7 Å². The average Bonchev–Trinajstić information content (AvgIpc) is 2.72. The molecule has 0 spiro atoms. The molecule has 1 N–H and O–H groups in total. The first-order valence-electron chi connectivity index (χ1n) is 10.7. The summed E-state index contributed by atoms with van der Waals surface area (Å²) in [5.74, 6) is 0.387. The Labute approximate surface area is 180 Å². The summed E-state index contributed by atoms with van der Waals surface area (Å²) >= 11 is 0. The number of phenolic OH excluding ortho intramolecular Hbond substituents is 1. The van der Waals surface area contributed by atoms with Gasteiger partial charge in [-0.25, -0.2) is 0 Å². The zero-order chi connectivity index (χ0) is 21.5. The van der Waals surface area contributed by atoms with Gasteiger partial charge in [-0.2, -0.15) is 0 Å². The highest BCUT2D eigenvalue weighted by atomic mass is 28.3. The van der Waals surface area contributed by atoms with Crippen LogP contribution >= 0.6 is 0 Å². The maximum atomic E-state index is 10.8. The molecule has 0 amide bonds. The Hall–Kier alpha value is -2.65. The standard InChI is InChI=1S/C27H31NOSi/c1-27(2,3)30(4,5)26(24-16-14-20-11-7-9-13-23(20)28-24)18-22-21-12-8-6-10-19(21)15-17-25(22)29/h6-17,26,29H,18H2,1-5H3. The third-order valence-electron chi connectivity index (χ3n) is 7.21. The van der Waals surface area contributed by atoms with Crippen molar-refractivity contribution in [2.24, 2.45) is 0 Å². The van der Waals surface area contributed by atoms with Crippen LogP contribution in [0.25, 0.3) is 21.7 Å². The molecule has 0 bridgehead atoms. The molecule has 0 aliphatic heterocycles. The van der Waals surface area contributed by atoms with Gasteiger partial charge in [0, 0.05) is 22.2 Å². The second kappa shape index (κ2) is 7.55. The van der Waals surface area contributed by atoms with Gasteiger partial charge in [0.25, 0.3) is 0 Å². The van der Waals surface area contributed by atoms with Crippen LogP contribution in [0.3, 0.4) is 0 Å². The normalized spacial score (nSPS) is 13.6. The molecule has 1 atom stereocenters. The minimum absolute atomic E-state index is 0.200. The highest BCUT2D eigenvalue weighted by molar-refractivity contribution is 6.81. The maximum Gasteiger partial charge on any atom is 0.119 e. The van der Waals surface area contributed by atoms with Gasteiger partial charge >= 0.3 is 0 Å². The van der Waals surface area contributed by atoms with E-state index in [0.29, 0.717) is 11.3 Å². The molecule has 4 rings (SSSR count). The van der Waals surface area contributed by atoms with E-state index in [0.717, 1.165) is 28.6 Å². The van der Waals surface area contributed by atoms with Gasteiger partial charge in [0.2, 0.25) is 0 Å². The van der Waals surface area contributed by atoms with Gasteiger partial charge in [-0.3, -0.25) is 4.98 Å². The van der Waals surface area contributed by atoms with E-state index in [1.807, 2.05) is 12.1 Å². The maximum absolute atomic E-state index is 10.8. The fraction of sp³-hybridized carbons (Fsp3) is 0.296. The van der Waals surface area contributed by atoms with Gasteiger partial charge < -0.3 is 5.11 Å².